The second-order valence-electron chi connectivity index (χ2n) is 6.65. The third-order valence-electron chi connectivity index (χ3n) is 5.12. The maximum atomic E-state index is 12.8. The predicted molar refractivity (Wildman–Crippen MR) is 93.1 cm³/mol. The molecule has 0 aromatic carbocycles. The van der Waals surface area contributed by atoms with Gasteiger partial charge in [-0.15, -0.1) is 0 Å². The monoisotopic (exact) mass is 364 g/mol. The highest BCUT2D eigenvalue weighted by Crippen LogP contribution is 2.37. The van der Waals surface area contributed by atoms with Crippen molar-refractivity contribution in [2.45, 2.75) is 44.6 Å². The number of anilines is 1. The fourth-order valence-electron chi connectivity index (χ4n) is 3.55. The second kappa shape index (κ2) is 7.00. The van der Waals surface area contributed by atoms with E-state index in [1.54, 1.807) is 12.1 Å². The van der Waals surface area contributed by atoms with E-state index in [1.807, 2.05) is 0 Å². The lowest BCUT2D eigenvalue weighted by molar-refractivity contribution is -0.135. The Bertz CT molecular complexity index is 701. The molecule has 1 aromatic heterocycles. The van der Waals surface area contributed by atoms with Gasteiger partial charge in [-0.3, -0.25) is 14.5 Å². The summed E-state index contributed by atoms with van der Waals surface area (Å²) in [6, 6.07) is 2.73. The van der Waals surface area contributed by atoms with Crippen LogP contribution in [0.1, 0.15) is 39.0 Å². The normalized spacial score (nSPS) is 26.0. The number of imide groups is 1. The molecule has 4 amide bonds. The third-order valence-corrected chi connectivity index (χ3v) is 5.42. The average molecular weight is 365 g/mol. The summed E-state index contributed by atoms with van der Waals surface area (Å²) < 4.78 is 0. The summed E-state index contributed by atoms with van der Waals surface area (Å²) in [5.41, 5.74) is -0.492. The SMILES string of the molecule is CCC1CCC2(CC1)NC(=O)N(CC(=O)Nc1cccnc1Cl)C2=O. The van der Waals surface area contributed by atoms with Crippen LogP contribution < -0.4 is 10.6 Å². The van der Waals surface area contributed by atoms with Crippen molar-refractivity contribution in [3.63, 3.8) is 0 Å². The quantitative estimate of drug-likeness (QED) is 0.634. The molecule has 2 N–H and O–H groups in total. The summed E-state index contributed by atoms with van der Waals surface area (Å²) in [6.45, 7) is 1.80. The van der Waals surface area contributed by atoms with Crippen LogP contribution in [-0.2, 0) is 9.59 Å². The fourth-order valence-corrected chi connectivity index (χ4v) is 3.72. The standard InChI is InChI=1S/C17H21ClN4O3/c1-2-11-5-7-17(8-6-11)15(24)22(16(25)21-17)10-13(23)20-12-4-3-9-19-14(12)18/h3-4,9,11H,2,5-8,10H2,1H3,(H,20,23)(H,21,25). The minimum absolute atomic E-state index is 0.155. The van der Waals surface area contributed by atoms with Crippen LogP contribution >= 0.6 is 11.6 Å². The van der Waals surface area contributed by atoms with Gasteiger partial charge in [0.2, 0.25) is 5.91 Å². The molecular weight excluding hydrogens is 344 g/mol. The van der Waals surface area contributed by atoms with Crippen LogP contribution in [0.2, 0.25) is 5.15 Å². The Hall–Kier alpha value is -2.15. The van der Waals surface area contributed by atoms with E-state index in [4.69, 9.17) is 11.6 Å². The van der Waals surface area contributed by atoms with Gasteiger partial charge in [-0.1, -0.05) is 24.9 Å². The fraction of sp³-hybridized carbons (Fsp3) is 0.529. The molecule has 3 rings (SSSR count). The van der Waals surface area contributed by atoms with E-state index < -0.39 is 17.5 Å². The Morgan fingerprint density at radius 2 is 2.16 bits per heavy atom. The molecule has 2 heterocycles. The van der Waals surface area contributed by atoms with Gasteiger partial charge in [-0.05, 0) is 43.7 Å². The first kappa shape index (κ1) is 17.7. The topological polar surface area (TPSA) is 91.4 Å². The zero-order valence-corrected chi connectivity index (χ0v) is 14.8. The number of hydrogen-bond donors (Lipinski definition) is 2. The highest BCUT2D eigenvalue weighted by Gasteiger charge is 2.52. The third kappa shape index (κ3) is 3.46. The van der Waals surface area contributed by atoms with E-state index >= 15 is 0 Å². The molecule has 1 saturated carbocycles. The van der Waals surface area contributed by atoms with Gasteiger partial charge in [0.15, 0.2) is 5.15 Å². The lowest BCUT2D eigenvalue weighted by Gasteiger charge is -2.34. The molecule has 0 bridgehead atoms. The highest BCUT2D eigenvalue weighted by molar-refractivity contribution is 6.32. The van der Waals surface area contributed by atoms with Gasteiger partial charge < -0.3 is 10.6 Å². The summed E-state index contributed by atoms with van der Waals surface area (Å²) in [7, 11) is 0. The number of carbonyl (C=O) groups excluding carboxylic acids is 3. The van der Waals surface area contributed by atoms with Crippen LogP contribution in [0.15, 0.2) is 18.3 Å². The van der Waals surface area contributed by atoms with Crippen LogP contribution in [0, 0.1) is 5.92 Å². The molecule has 1 aliphatic carbocycles. The highest BCUT2D eigenvalue weighted by atomic mass is 35.5. The van der Waals surface area contributed by atoms with Gasteiger partial charge in [0.1, 0.15) is 12.1 Å². The summed E-state index contributed by atoms with van der Waals surface area (Å²) in [5.74, 6) is -0.197. The number of aromatic nitrogens is 1. The zero-order chi connectivity index (χ0) is 18.0. The Morgan fingerprint density at radius 3 is 2.80 bits per heavy atom. The molecule has 2 fully saturated rings. The number of amides is 4. The molecule has 1 aliphatic heterocycles. The van der Waals surface area contributed by atoms with E-state index in [-0.39, 0.29) is 17.6 Å². The predicted octanol–water partition coefficient (Wildman–Crippen LogP) is 2.56. The lowest BCUT2D eigenvalue weighted by atomic mass is 9.75. The first-order chi connectivity index (χ1) is 11.9. The Labute approximate surface area is 151 Å². The van der Waals surface area contributed by atoms with E-state index in [2.05, 4.69) is 22.5 Å². The van der Waals surface area contributed by atoms with Gasteiger partial charge in [0, 0.05) is 6.20 Å². The number of rotatable bonds is 4. The molecule has 1 spiro atoms. The minimum atomic E-state index is -0.838. The molecule has 2 aliphatic rings. The first-order valence-corrected chi connectivity index (χ1v) is 8.87. The zero-order valence-electron chi connectivity index (χ0n) is 14.0. The van der Waals surface area contributed by atoms with Crippen molar-refractivity contribution in [2.75, 3.05) is 11.9 Å². The second-order valence-corrected chi connectivity index (χ2v) is 7.00. The molecule has 0 unspecified atom stereocenters. The molecule has 0 atom stereocenters. The summed E-state index contributed by atoms with van der Waals surface area (Å²) in [5, 5.41) is 5.55. The number of urea groups is 1. The van der Waals surface area contributed by atoms with Crippen LogP contribution in [0.5, 0.6) is 0 Å². The Kier molecular flexibility index (Phi) is 4.94. The van der Waals surface area contributed by atoms with Crippen LogP contribution in [-0.4, -0.2) is 39.8 Å². The molecule has 25 heavy (non-hydrogen) atoms. The molecule has 134 valence electrons. The van der Waals surface area contributed by atoms with Crippen molar-refractivity contribution in [1.82, 2.24) is 15.2 Å². The summed E-state index contributed by atoms with van der Waals surface area (Å²) in [6.07, 6.45) is 5.66. The lowest BCUT2D eigenvalue weighted by Crippen LogP contribution is -2.49. The number of pyridine rings is 1. The first-order valence-electron chi connectivity index (χ1n) is 8.49. The van der Waals surface area contributed by atoms with Crippen molar-refractivity contribution in [3.8, 4) is 0 Å². The number of carbonyl (C=O) groups is 3. The van der Waals surface area contributed by atoms with Gasteiger partial charge >= 0.3 is 6.03 Å². The van der Waals surface area contributed by atoms with Crippen LogP contribution in [0.25, 0.3) is 0 Å². The van der Waals surface area contributed by atoms with Gasteiger partial charge in [-0.25, -0.2) is 9.78 Å². The van der Waals surface area contributed by atoms with Crippen molar-refractivity contribution in [2.24, 2.45) is 5.92 Å². The van der Waals surface area contributed by atoms with E-state index in [1.165, 1.54) is 6.20 Å². The number of hydrogen-bond acceptors (Lipinski definition) is 4. The molecule has 8 heteroatoms. The maximum Gasteiger partial charge on any atom is 0.325 e. The van der Waals surface area contributed by atoms with Gasteiger partial charge in [0.05, 0.1) is 5.69 Å². The van der Waals surface area contributed by atoms with Crippen LogP contribution in [0.4, 0.5) is 10.5 Å². The molecule has 1 saturated heterocycles. The summed E-state index contributed by atoms with van der Waals surface area (Å²) >= 11 is 5.90. The maximum absolute atomic E-state index is 12.8. The smallest absolute Gasteiger partial charge is 0.323 e. The minimum Gasteiger partial charge on any atom is -0.323 e. The van der Waals surface area contributed by atoms with E-state index in [0.29, 0.717) is 24.4 Å². The van der Waals surface area contributed by atoms with Gasteiger partial charge in [-0.2, -0.15) is 0 Å². The molecular formula is C17H21ClN4O3. The van der Waals surface area contributed by atoms with Gasteiger partial charge in [0.25, 0.3) is 5.91 Å². The van der Waals surface area contributed by atoms with Crippen LogP contribution in [0.3, 0.4) is 0 Å². The van der Waals surface area contributed by atoms with Crippen molar-refractivity contribution < 1.29 is 14.4 Å². The largest absolute Gasteiger partial charge is 0.325 e. The van der Waals surface area contributed by atoms with Crippen molar-refractivity contribution in [1.29, 1.82) is 0 Å². The van der Waals surface area contributed by atoms with Crippen molar-refractivity contribution in [3.05, 3.63) is 23.5 Å². The van der Waals surface area contributed by atoms with E-state index in [0.717, 1.165) is 24.2 Å². The number of nitrogens with one attached hydrogen (secondary N) is 2. The Morgan fingerprint density at radius 1 is 1.44 bits per heavy atom. The molecule has 7 nitrogen and oxygen atoms in total. The molecule has 1 aromatic rings. The molecule has 0 radical (unpaired) electrons. The average Bonchev–Trinajstić information content (AvgIpc) is 2.82. The van der Waals surface area contributed by atoms with E-state index in [9.17, 15) is 14.4 Å². The Balaban J connectivity index is 1.65. The number of nitrogens with zero attached hydrogens (tertiary/aromatic N) is 2. The number of halogens is 1. The summed E-state index contributed by atoms with van der Waals surface area (Å²) in [4.78, 5) is 42.1. The van der Waals surface area contributed by atoms with Crippen molar-refractivity contribution >= 4 is 35.1 Å².